The fourth-order valence-electron chi connectivity index (χ4n) is 2.73. The fraction of sp³-hybridized carbons (Fsp3) is 0.750. The zero-order valence-corrected chi connectivity index (χ0v) is 10.4. The maximum absolute atomic E-state index is 12.0. The molecule has 2 fully saturated rings. The Labute approximate surface area is 106 Å². The number of aliphatic imine (C=N–C) groups is 1. The summed E-state index contributed by atoms with van der Waals surface area (Å²) in [5, 5.41) is 6.08. The Morgan fingerprint density at radius 3 is 2.50 bits per heavy atom. The van der Waals surface area contributed by atoms with Crippen molar-refractivity contribution in [1.82, 2.24) is 15.5 Å². The van der Waals surface area contributed by atoms with E-state index in [0.29, 0.717) is 25.2 Å². The zero-order valence-electron chi connectivity index (χ0n) is 10.4. The van der Waals surface area contributed by atoms with Crippen LogP contribution in [-0.4, -0.2) is 55.3 Å². The van der Waals surface area contributed by atoms with E-state index >= 15 is 0 Å². The third-order valence-corrected chi connectivity index (χ3v) is 4.13. The summed E-state index contributed by atoms with van der Waals surface area (Å²) in [7, 11) is 0. The lowest BCUT2D eigenvalue weighted by Gasteiger charge is -2.40. The van der Waals surface area contributed by atoms with Crippen LogP contribution < -0.4 is 10.6 Å². The number of carbonyl (C=O) groups excluding carboxylic acids is 2. The number of piperazine rings is 1. The van der Waals surface area contributed by atoms with Crippen LogP contribution in [0.15, 0.2) is 4.99 Å². The van der Waals surface area contributed by atoms with Crippen LogP contribution in [-0.2, 0) is 9.59 Å². The highest BCUT2D eigenvalue weighted by molar-refractivity contribution is 6.19. The Hall–Kier alpha value is -1.27. The van der Waals surface area contributed by atoms with Gasteiger partial charge in [-0.05, 0) is 12.8 Å². The number of amides is 2. The summed E-state index contributed by atoms with van der Waals surface area (Å²) >= 11 is 0. The van der Waals surface area contributed by atoms with Crippen molar-refractivity contribution < 1.29 is 9.59 Å². The normalized spacial score (nSPS) is 27.7. The number of rotatable bonds is 2. The molecule has 98 valence electrons. The largest absolute Gasteiger partial charge is 0.314 e. The van der Waals surface area contributed by atoms with Gasteiger partial charge in [0.15, 0.2) is 0 Å². The van der Waals surface area contributed by atoms with E-state index in [-0.39, 0.29) is 11.8 Å². The van der Waals surface area contributed by atoms with Gasteiger partial charge in [0.25, 0.3) is 5.91 Å². The van der Waals surface area contributed by atoms with Crippen LogP contribution in [0.1, 0.15) is 19.3 Å². The summed E-state index contributed by atoms with van der Waals surface area (Å²) in [4.78, 5) is 30.3. The Kier molecular flexibility index (Phi) is 2.91. The molecule has 0 unspecified atom stereocenters. The molecule has 3 rings (SSSR count). The van der Waals surface area contributed by atoms with Crippen molar-refractivity contribution in [3.05, 3.63) is 0 Å². The fourth-order valence-corrected chi connectivity index (χ4v) is 2.73. The molecule has 6 nitrogen and oxygen atoms in total. The van der Waals surface area contributed by atoms with Crippen LogP contribution in [0.4, 0.5) is 0 Å². The molecule has 6 heteroatoms. The standard InChI is InChI=1S/C12H18N4O2/c17-10-12(2-1-3-12)11(18)15-9(14-10)8-16-6-4-13-5-7-16/h13H,1-8H2,(H,14,15,17,18). The lowest BCUT2D eigenvalue weighted by Crippen LogP contribution is -2.58. The molecule has 2 aliphatic heterocycles. The summed E-state index contributed by atoms with van der Waals surface area (Å²) in [6.07, 6.45) is 2.26. The molecule has 2 N–H and O–H groups in total. The van der Waals surface area contributed by atoms with Crippen molar-refractivity contribution in [3.8, 4) is 0 Å². The molecular weight excluding hydrogens is 232 g/mol. The maximum Gasteiger partial charge on any atom is 0.263 e. The van der Waals surface area contributed by atoms with E-state index in [0.717, 1.165) is 32.6 Å². The molecule has 0 aromatic rings. The Morgan fingerprint density at radius 2 is 1.94 bits per heavy atom. The highest BCUT2D eigenvalue weighted by atomic mass is 16.2. The minimum atomic E-state index is -0.813. The average Bonchev–Trinajstić information content (AvgIpc) is 2.27. The van der Waals surface area contributed by atoms with Gasteiger partial charge in [0, 0.05) is 26.2 Å². The first-order valence-corrected chi connectivity index (χ1v) is 6.57. The predicted octanol–water partition coefficient (Wildman–Crippen LogP) is -0.883. The first-order chi connectivity index (χ1) is 8.71. The van der Waals surface area contributed by atoms with E-state index in [1.165, 1.54) is 0 Å². The van der Waals surface area contributed by atoms with Gasteiger partial charge in [-0.3, -0.25) is 14.5 Å². The second kappa shape index (κ2) is 4.44. The van der Waals surface area contributed by atoms with Gasteiger partial charge in [0.1, 0.15) is 11.3 Å². The van der Waals surface area contributed by atoms with Gasteiger partial charge in [-0.1, -0.05) is 6.42 Å². The lowest BCUT2D eigenvalue weighted by atomic mass is 9.67. The average molecular weight is 250 g/mol. The van der Waals surface area contributed by atoms with Gasteiger partial charge in [0.05, 0.1) is 6.54 Å². The van der Waals surface area contributed by atoms with Gasteiger partial charge < -0.3 is 10.6 Å². The van der Waals surface area contributed by atoms with Crippen molar-refractivity contribution in [1.29, 1.82) is 0 Å². The summed E-state index contributed by atoms with van der Waals surface area (Å²) in [6.45, 7) is 4.30. The topological polar surface area (TPSA) is 73.8 Å². The molecule has 2 amide bonds. The van der Waals surface area contributed by atoms with Crippen LogP contribution in [0.2, 0.25) is 0 Å². The van der Waals surface area contributed by atoms with E-state index in [2.05, 4.69) is 20.5 Å². The van der Waals surface area contributed by atoms with Crippen LogP contribution in [0.3, 0.4) is 0 Å². The number of hydrogen-bond donors (Lipinski definition) is 2. The summed E-state index contributed by atoms with van der Waals surface area (Å²) in [5.41, 5.74) is -0.813. The molecule has 0 aromatic carbocycles. The summed E-state index contributed by atoms with van der Waals surface area (Å²) in [6, 6.07) is 0. The number of carbonyl (C=O) groups is 2. The number of hydrogen-bond acceptors (Lipinski definition) is 4. The molecule has 18 heavy (non-hydrogen) atoms. The molecule has 0 aromatic heterocycles. The molecule has 1 spiro atoms. The molecule has 3 aliphatic rings. The minimum absolute atomic E-state index is 0.140. The summed E-state index contributed by atoms with van der Waals surface area (Å²) < 4.78 is 0. The minimum Gasteiger partial charge on any atom is -0.314 e. The van der Waals surface area contributed by atoms with Crippen molar-refractivity contribution in [2.24, 2.45) is 10.4 Å². The van der Waals surface area contributed by atoms with Crippen molar-refractivity contribution in [2.45, 2.75) is 19.3 Å². The first kappa shape index (κ1) is 11.8. The van der Waals surface area contributed by atoms with E-state index in [4.69, 9.17) is 0 Å². The molecule has 0 atom stereocenters. The second-order valence-corrected chi connectivity index (χ2v) is 5.28. The van der Waals surface area contributed by atoms with Crippen molar-refractivity contribution in [3.63, 3.8) is 0 Å². The second-order valence-electron chi connectivity index (χ2n) is 5.28. The summed E-state index contributed by atoms with van der Waals surface area (Å²) in [5.74, 6) is 0.144. The molecule has 1 aliphatic carbocycles. The van der Waals surface area contributed by atoms with E-state index in [1.807, 2.05) is 0 Å². The van der Waals surface area contributed by atoms with E-state index < -0.39 is 5.41 Å². The van der Waals surface area contributed by atoms with Gasteiger partial charge in [-0.15, -0.1) is 0 Å². The number of nitrogens with one attached hydrogen (secondary N) is 2. The van der Waals surface area contributed by atoms with Crippen LogP contribution >= 0.6 is 0 Å². The smallest absolute Gasteiger partial charge is 0.263 e. The van der Waals surface area contributed by atoms with E-state index in [1.54, 1.807) is 0 Å². The van der Waals surface area contributed by atoms with Gasteiger partial charge >= 0.3 is 0 Å². The Bertz CT molecular complexity index is 408. The number of amidine groups is 1. The lowest BCUT2D eigenvalue weighted by molar-refractivity contribution is -0.147. The third-order valence-electron chi connectivity index (χ3n) is 4.13. The number of nitrogens with zero attached hydrogens (tertiary/aromatic N) is 2. The van der Waals surface area contributed by atoms with Gasteiger partial charge in [-0.25, -0.2) is 0 Å². The predicted molar refractivity (Wildman–Crippen MR) is 66.2 cm³/mol. The Morgan fingerprint density at radius 1 is 1.22 bits per heavy atom. The van der Waals surface area contributed by atoms with Crippen molar-refractivity contribution in [2.75, 3.05) is 32.7 Å². The SMILES string of the molecule is O=C1N=C(CN2CCNCC2)NC(=O)C12CCC2. The molecule has 2 heterocycles. The van der Waals surface area contributed by atoms with E-state index in [9.17, 15) is 9.59 Å². The van der Waals surface area contributed by atoms with Crippen LogP contribution in [0.25, 0.3) is 0 Å². The monoisotopic (exact) mass is 250 g/mol. The maximum atomic E-state index is 12.0. The van der Waals surface area contributed by atoms with Crippen molar-refractivity contribution >= 4 is 17.6 Å². The third kappa shape index (κ3) is 1.85. The van der Waals surface area contributed by atoms with Crippen LogP contribution in [0, 0.1) is 5.41 Å². The first-order valence-electron chi connectivity index (χ1n) is 6.57. The quantitative estimate of drug-likeness (QED) is 0.624. The molecule has 1 saturated carbocycles. The molecule has 1 saturated heterocycles. The molecular formula is C12H18N4O2. The highest BCUT2D eigenvalue weighted by Gasteiger charge is 2.53. The Balaban J connectivity index is 1.68. The highest BCUT2D eigenvalue weighted by Crippen LogP contribution is 2.43. The van der Waals surface area contributed by atoms with Gasteiger partial charge in [0.2, 0.25) is 5.91 Å². The van der Waals surface area contributed by atoms with Gasteiger partial charge in [-0.2, -0.15) is 4.99 Å². The molecule has 0 bridgehead atoms. The van der Waals surface area contributed by atoms with Crippen LogP contribution in [0.5, 0.6) is 0 Å². The zero-order chi connectivity index (χ0) is 12.6. The molecule has 0 radical (unpaired) electrons.